The maximum absolute atomic E-state index is 12.0. The van der Waals surface area contributed by atoms with E-state index in [1.807, 2.05) is 6.92 Å². The molecule has 1 aliphatic heterocycles. The smallest absolute Gasteiger partial charge is 0.237 e. The fourth-order valence-corrected chi connectivity index (χ4v) is 2.21. The highest BCUT2D eigenvalue weighted by molar-refractivity contribution is 5.81. The Morgan fingerprint density at radius 2 is 2.11 bits per heavy atom. The minimum Gasteiger partial charge on any atom is -0.378 e. The lowest BCUT2D eigenvalue weighted by Crippen LogP contribution is -2.51. The van der Waals surface area contributed by atoms with Gasteiger partial charge >= 0.3 is 0 Å². The summed E-state index contributed by atoms with van der Waals surface area (Å²) >= 11 is 0. The molecule has 112 valence electrons. The summed E-state index contributed by atoms with van der Waals surface area (Å²) in [6.45, 7) is 8.02. The minimum absolute atomic E-state index is 0.0545. The molecule has 1 saturated heterocycles. The molecule has 1 amide bonds. The third-order valence-electron chi connectivity index (χ3n) is 3.96. The Bertz CT molecular complexity index is 274. The van der Waals surface area contributed by atoms with Crippen molar-refractivity contribution < 1.29 is 14.3 Å². The molecule has 2 unspecified atom stereocenters. The van der Waals surface area contributed by atoms with Crippen molar-refractivity contribution in [1.29, 1.82) is 0 Å². The lowest BCUT2D eigenvalue weighted by atomic mass is 10.0. The molecule has 2 atom stereocenters. The first kappa shape index (κ1) is 16.4. The summed E-state index contributed by atoms with van der Waals surface area (Å²) in [5.41, 5.74) is -0.274. The van der Waals surface area contributed by atoms with Gasteiger partial charge in [0, 0.05) is 32.7 Å². The maximum Gasteiger partial charge on any atom is 0.237 e. The Balaban J connectivity index is 2.37. The molecule has 1 heterocycles. The number of amides is 1. The molecule has 1 aliphatic rings. The van der Waals surface area contributed by atoms with E-state index >= 15 is 0 Å². The van der Waals surface area contributed by atoms with Crippen LogP contribution in [0.1, 0.15) is 40.0 Å². The van der Waals surface area contributed by atoms with Gasteiger partial charge in [0.2, 0.25) is 5.91 Å². The Hall–Kier alpha value is -0.650. The molecule has 0 aliphatic carbocycles. The van der Waals surface area contributed by atoms with Gasteiger partial charge in [0.15, 0.2) is 0 Å². The van der Waals surface area contributed by atoms with E-state index in [1.54, 1.807) is 7.11 Å². The third-order valence-corrected chi connectivity index (χ3v) is 3.96. The molecule has 1 fully saturated rings. The van der Waals surface area contributed by atoms with Gasteiger partial charge in [-0.25, -0.2) is 0 Å². The Morgan fingerprint density at radius 3 is 2.58 bits per heavy atom. The van der Waals surface area contributed by atoms with Gasteiger partial charge in [-0.05, 0) is 19.8 Å². The number of carbonyl (C=O) groups is 1. The largest absolute Gasteiger partial charge is 0.378 e. The van der Waals surface area contributed by atoms with Crippen LogP contribution in [-0.2, 0) is 14.3 Å². The van der Waals surface area contributed by atoms with Crippen molar-refractivity contribution in [3.63, 3.8) is 0 Å². The monoisotopic (exact) mass is 272 g/mol. The standard InChI is InChI=1S/C14H28N2O3/c1-5-12(6-2)16-13(17)11(3)15-9-14(18-4)7-8-19-10-14/h11-12,15H,5-10H2,1-4H3,(H,16,17). The fourth-order valence-electron chi connectivity index (χ4n) is 2.21. The molecule has 5 nitrogen and oxygen atoms in total. The van der Waals surface area contributed by atoms with Crippen LogP contribution in [0.25, 0.3) is 0 Å². The average Bonchev–Trinajstić information content (AvgIpc) is 2.91. The van der Waals surface area contributed by atoms with Gasteiger partial charge in [-0.15, -0.1) is 0 Å². The summed E-state index contributed by atoms with van der Waals surface area (Å²) in [6.07, 6.45) is 2.80. The molecule has 0 bridgehead atoms. The number of ether oxygens (including phenoxy) is 2. The van der Waals surface area contributed by atoms with Crippen molar-refractivity contribution in [3.8, 4) is 0 Å². The van der Waals surface area contributed by atoms with Crippen molar-refractivity contribution >= 4 is 5.91 Å². The van der Waals surface area contributed by atoms with Crippen molar-refractivity contribution in [2.24, 2.45) is 0 Å². The first-order valence-electron chi connectivity index (χ1n) is 7.23. The second-order valence-electron chi connectivity index (χ2n) is 5.31. The zero-order valence-electron chi connectivity index (χ0n) is 12.6. The number of rotatable bonds is 8. The zero-order chi connectivity index (χ0) is 14.3. The van der Waals surface area contributed by atoms with E-state index in [0.717, 1.165) is 25.9 Å². The molecule has 2 N–H and O–H groups in total. The fraction of sp³-hybridized carbons (Fsp3) is 0.929. The summed E-state index contributed by atoms with van der Waals surface area (Å²) in [7, 11) is 1.70. The molecular formula is C14H28N2O3. The van der Waals surface area contributed by atoms with Crippen LogP contribution in [0.2, 0.25) is 0 Å². The van der Waals surface area contributed by atoms with Gasteiger partial charge in [-0.3, -0.25) is 4.79 Å². The summed E-state index contributed by atoms with van der Waals surface area (Å²) in [5.74, 6) is 0.0545. The summed E-state index contributed by atoms with van der Waals surface area (Å²) < 4.78 is 10.9. The van der Waals surface area contributed by atoms with Gasteiger partial charge in [-0.1, -0.05) is 13.8 Å². The van der Waals surface area contributed by atoms with Crippen LogP contribution in [0, 0.1) is 0 Å². The zero-order valence-corrected chi connectivity index (χ0v) is 12.6. The lowest BCUT2D eigenvalue weighted by Gasteiger charge is -2.28. The van der Waals surface area contributed by atoms with Gasteiger partial charge in [0.05, 0.1) is 12.6 Å². The van der Waals surface area contributed by atoms with Crippen molar-refractivity contribution in [2.45, 2.75) is 57.7 Å². The van der Waals surface area contributed by atoms with E-state index in [9.17, 15) is 4.79 Å². The lowest BCUT2D eigenvalue weighted by molar-refractivity contribution is -0.123. The quantitative estimate of drug-likeness (QED) is 0.694. The minimum atomic E-state index is -0.274. The second-order valence-corrected chi connectivity index (χ2v) is 5.31. The SMILES string of the molecule is CCC(CC)NC(=O)C(C)NCC1(OC)CCOC1. The van der Waals surface area contributed by atoms with Gasteiger partial charge in [-0.2, -0.15) is 0 Å². The van der Waals surface area contributed by atoms with Crippen LogP contribution in [0.5, 0.6) is 0 Å². The van der Waals surface area contributed by atoms with Gasteiger partial charge in [0.1, 0.15) is 5.60 Å². The van der Waals surface area contributed by atoms with Crippen LogP contribution in [0.15, 0.2) is 0 Å². The number of hydrogen-bond donors (Lipinski definition) is 2. The Morgan fingerprint density at radius 1 is 1.42 bits per heavy atom. The second kappa shape index (κ2) is 7.82. The summed E-state index contributed by atoms with van der Waals surface area (Å²) in [6, 6.07) is 0.0520. The Labute approximate surface area is 116 Å². The molecule has 0 saturated carbocycles. The van der Waals surface area contributed by atoms with Crippen LogP contribution in [-0.4, -0.2) is 50.5 Å². The Kier molecular flexibility index (Phi) is 6.75. The number of methoxy groups -OCH3 is 1. The molecule has 19 heavy (non-hydrogen) atoms. The number of hydrogen-bond acceptors (Lipinski definition) is 4. The van der Waals surface area contributed by atoms with Crippen LogP contribution < -0.4 is 10.6 Å². The van der Waals surface area contributed by atoms with E-state index in [0.29, 0.717) is 13.2 Å². The normalized spacial score (nSPS) is 24.7. The molecule has 0 aromatic carbocycles. The van der Waals surface area contributed by atoms with E-state index in [2.05, 4.69) is 24.5 Å². The van der Waals surface area contributed by atoms with Gasteiger partial charge < -0.3 is 20.1 Å². The van der Waals surface area contributed by atoms with Crippen LogP contribution in [0.3, 0.4) is 0 Å². The molecular weight excluding hydrogens is 244 g/mol. The van der Waals surface area contributed by atoms with E-state index in [1.165, 1.54) is 0 Å². The predicted octanol–water partition coefficient (Wildman–Crippen LogP) is 1.07. The van der Waals surface area contributed by atoms with Crippen molar-refractivity contribution in [1.82, 2.24) is 10.6 Å². The highest BCUT2D eigenvalue weighted by Crippen LogP contribution is 2.21. The molecule has 0 spiro atoms. The van der Waals surface area contributed by atoms with Crippen molar-refractivity contribution in [3.05, 3.63) is 0 Å². The molecule has 0 radical (unpaired) electrons. The first-order chi connectivity index (χ1) is 9.06. The van der Waals surface area contributed by atoms with Gasteiger partial charge in [0.25, 0.3) is 0 Å². The highest BCUT2D eigenvalue weighted by atomic mass is 16.5. The topological polar surface area (TPSA) is 59.6 Å². The molecule has 0 aromatic rings. The molecule has 1 rings (SSSR count). The predicted molar refractivity (Wildman–Crippen MR) is 75.2 cm³/mol. The first-order valence-corrected chi connectivity index (χ1v) is 7.23. The van der Waals surface area contributed by atoms with Crippen LogP contribution in [0.4, 0.5) is 0 Å². The van der Waals surface area contributed by atoms with Crippen molar-refractivity contribution in [2.75, 3.05) is 26.9 Å². The maximum atomic E-state index is 12.0. The van der Waals surface area contributed by atoms with E-state index in [-0.39, 0.29) is 23.6 Å². The third kappa shape index (κ3) is 4.75. The van der Waals surface area contributed by atoms with Crippen LogP contribution >= 0.6 is 0 Å². The highest BCUT2D eigenvalue weighted by Gasteiger charge is 2.35. The molecule has 5 heteroatoms. The summed E-state index contributed by atoms with van der Waals surface area (Å²) in [5, 5.41) is 6.30. The summed E-state index contributed by atoms with van der Waals surface area (Å²) in [4.78, 5) is 12.0. The number of carbonyl (C=O) groups excluding carboxylic acids is 1. The number of nitrogens with one attached hydrogen (secondary N) is 2. The van der Waals surface area contributed by atoms with E-state index in [4.69, 9.17) is 9.47 Å². The van der Waals surface area contributed by atoms with E-state index < -0.39 is 0 Å². The average molecular weight is 272 g/mol. The molecule has 0 aromatic heterocycles.